The number of nitrogens with zero attached hydrogens (tertiary/aromatic N) is 1. The minimum absolute atomic E-state index is 0.258. The summed E-state index contributed by atoms with van der Waals surface area (Å²) in [6.45, 7) is 0. The average Bonchev–Trinajstić information content (AvgIpc) is 1.80. The third-order valence-electron chi connectivity index (χ3n) is 0.827. The van der Waals surface area contributed by atoms with Gasteiger partial charge in [0, 0.05) is 0 Å². The Labute approximate surface area is 76.3 Å². The van der Waals surface area contributed by atoms with E-state index in [0.29, 0.717) is 0 Å². The zero-order chi connectivity index (χ0) is 10.4. The van der Waals surface area contributed by atoms with Crippen molar-refractivity contribution in [2.75, 3.05) is 21.1 Å². The maximum Gasteiger partial charge on any atom is 0.328 e. The van der Waals surface area contributed by atoms with E-state index in [9.17, 15) is 14.4 Å². The van der Waals surface area contributed by atoms with Crippen LogP contribution >= 0.6 is 0 Å². The second kappa shape index (κ2) is 5.26. The molecule has 1 heterocycles. The molecule has 0 atom stereocenters. The van der Waals surface area contributed by atoms with Crippen LogP contribution in [-0.4, -0.2) is 43.9 Å². The van der Waals surface area contributed by atoms with Crippen LogP contribution in [0.15, 0.2) is 0 Å². The molecule has 0 aromatic rings. The highest BCUT2D eigenvalue weighted by Crippen LogP contribution is 1.85. The molecule has 6 nitrogen and oxygen atoms in total. The second-order valence-corrected chi connectivity index (χ2v) is 2.94. The molecule has 1 fully saturated rings. The van der Waals surface area contributed by atoms with Gasteiger partial charge in [0.05, 0.1) is 0 Å². The normalized spacial score (nSPS) is 15.8. The summed E-state index contributed by atoms with van der Waals surface area (Å²) in [6.07, 6.45) is -0.258. The molecule has 0 saturated carbocycles. The van der Waals surface area contributed by atoms with E-state index < -0.39 is 17.8 Å². The molecule has 0 spiro atoms. The molecule has 1 rings (SSSR count). The van der Waals surface area contributed by atoms with Crippen molar-refractivity contribution in [1.29, 1.82) is 0 Å². The predicted octanol–water partition coefficient (Wildman–Crippen LogP) is -1.08. The van der Waals surface area contributed by atoms with Crippen LogP contribution < -0.4 is 10.6 Å². The van der Waals surface area contributed by atoms with Crippen LogP contribution in [0.25, 0.3) is 0 Å². The van der Waals surface area contributed by atoms with E-state index in [-0.39, 0.29) is 6.42 Å². The van der Waals surface area contributed by atoms with Crippen molar-refractivity contribution in [3.63, 3.8) is 0 Å². The summed E-state index contributed by atoms with van der Waals surface area (Å²) < 4.78 is 0. The van der Waals surface area contributed by atoms with Gasteiger partial charge in [0.2, 0.25) is 11.8 Å². The van der Waals surface area contributed by atoms with Gasteiger partial charge in [-0.2, -0.15) is 0 Å². The number of barbiturate groups is 1. The molecule has 0 bridgehead atoms. The molecule has 6 heteroatoms. The number of urea groups is 1. The van der Waals surface area contributed by atoms with Crippen molar-refractivity contribution in [2.24, 2.45) is 0 Å². The summed E-state index contributed by atoms with van der Waals surface area (Å²) in [4.78, 5) is 32.8. The van der Waals surface area contributed by atoms with Crippen molar-refractivity contribution in [2.45, 2.75) is 6.42 Å². The molecule has 0 radical (unpaired) electrons. The summed E-state index contributed by atoms with van der Waals surface area (Å²) in [5.41, 5.74) is 0. The Morgan fingerprint density at radius 3 is 1.54 bits per heavy atom. The fraction of sp³-hybridized carbons (Fsp3) is 0.571. The van der Waals surface area contributed by atoms with E-state index in [1.54, 1.807) is 0 Å². The molecule has 13 heavy (non-hydrogen) atoms. The molecule has 1 saturated heterocycles. The van der Waals surface area contributed by atoms with Crippen LogP contribution in [0.2, 0.25) is 0 Å². The number of carbonyl (C=O) groups excluding carboxylic acids is 3. The molecule has 74 valence electrons. The maximum absolute atomic E-state index is 10.3. The van der Waals surface area contributed by atoms with Crippen molar-refractivity contribution in [1.82, 2.24) is 15.5 Å². The van der Waals surface area contributed by atoms with Gasteiger partial charge < -0.3 is 4.90 Å². The summed E-state index contributed by atoms with van der Waals surface area (Å²) in [5, 5.41) is 3.80. The van der Waals surface area contributed by atoms with Crippen molar-refractivity contribution in [3.05, 3.63) is 0 Å². The van der Waals surface area contributed by atoms with Gasteiger partial charge in [-0.1, -0.05) is 0 Å². The van der Waals surface area contributed by atoms with Crippen LogP contribution in [0.4, 0.5) is 4.79 Å². The molecule has 1 aliphatic heterocycles. The SMILES string of the molecule is CN(C)C.O=C1CC(=O)NC(=O)N1. The van der Waals surface area contributed by atoms with Gasteiger partial charge in [0.15, 0.2) is 0 Å². The van der Waals surface area contributed by atoms with Gasteiger partial charge in [0.25, 0.3) is 0 Å². The predicted molar refractivity (Wildman–Crippen MR) is 45.9 cm³/mol. The van der Waals surface area contributed by atoms with E-state index in [1.807, 2.05) is 36.7 Å². The molecule has 0 aliphatic carbocycles. The molecule has 0 aromatic heterocycles. The number of carbonyl (C=O) groups is 3. The van der Waals surface area contributed by atoms with Crippen LogP contribution in [0.3, 0.4) is 0 Å². The summed E-state index contributed by atoms with van der Waals surface area (Å²) in [6, 6.07) is -0.740. The van der Waals surface area contributed by atoms with Gasteiger partial charge >= 0.3 is 6.03 Å². The minimum atomic E-state index is -0.740. The Kier molecular flexibility index (Phi) is 4.68. The molecule has 0 unspecified atom stereocenters. The van der Waals surface area contributed by atoms with Gasteiger partial charge in [0.1, 0.15) is 6.42 Å². The molecule has 1 aliphatic rings. The number of hydrogen-bond acceptors (Lipinski definition) is 4. The number of amides is 4. The minimum Gasteiger partial charge on any atom is -0.312 e. The lowest BCUT2D eigenvalue weighted by molar-refractivity contribution is -0.129. The van der Waals surface area contributed by atoms with Gasteiger partial charge in [-0.05, 0) is 21.1 Å². The molecule has 0 aromatic carbocycles. The molecule has 4 amide bonds. The van der Waals surface area contributed by atoms with Crippen LogP contribution in [0, 0.1) is 0 Å². The molecule has 2 N–H and O–H groups in total. The summed E-state index contributed by atoms with van der Waals surface area (Å²) >= 11 is 0. The molecular formula is C7H13N3O3. The Morgan fingerprint density at radius 2 is 1.31 bits per heavy atom. The zero-order valence-corrected chi connectivity index (χ0v) is 7.88. The summed E-state index contributed by atoms with van der Waals surface area (Å²) in [7, 11) is 6.00. The first kappa shape index (κ1) is 11.6. The first-order valence-electron chi connectivity index (χ1n) is 3.66. The lowest BCUT2D eigenvalue weighted by atomic mass is 10.3. The fourth-order valence-corrected chi connectivity index (χ4v) is 0.519. The Bertz CT molecular complexity index is 177. The van der Waals surface area contributed by atoms with E-state index in [0.717, 1.165) is 0 Å². The van der Waals surface area contributed by atoms with E-state index in [2.05, 4.69) is 0 Å². The number of nitrogens with one attached hydrogen (secondary N) is 2. The fourth-order valence-electron chi connectivity index (χ4n) is 0.519. The zero-order valence-electron chi connectivity index (χ0n) is 7.88. The van der Waals surface area contributed by atoms with Crippen LogP contribution in [0.1, 0.15) is 6.42 Å². The lowest BCUT2D eigenvalue weighted by Gasteiger charge is -2.09. The third kappa shape index (κ3) is 6.95. The van der Waals surface area contributed by atoms with Gasteiger partial charge in [-0.3, -0.25) is 20.2 Å². The van der Waals surface area contributed by atoms with E-state index >= 15 is 0 Å². The first-order chi connectivity index (χ1) is 5.91. The largest absolute Gasteiger partial charge is 0.328 e. The van der Waals surface area contributed by atoms with E-state index in [4.69, 9.17) is 0 Å². The Hall–Kier alpha value is -1.43. The number of hydrogen-bond donors (Lipinski definition) is 2. The third-order valence-corrected chi connectivity index (χ3v) is 0.827. The second-order valence-electron chi connectivity index (χ2n) is 2.94. The first-order valence-corrected chi connectivity index (χ1v) is 3.66. The Morgan fingerprint density at radius 1 is 1.00 bits per heavy atom. The van der Waals surface area contributed by atoms with Crippen LogP contribution in [0.5, 0.6) is 0 Å². The van der Waals surface area contributed by atoms with Crippen molar-refractivity contribution >= 4 is 17.8 Å². The Balaban J connectivity index is 0.000000310. The monoisotopic (exact) mass is 187 g/mol. The highest BCUT2D eigenvalue weighted by molar-refractivity contribution is 6.14. The number of imide groups is 2. The van der Waals surface area contributed by atoms with Crippen molar-refractivity contribution in [3.8, 4) is 0 Å². The summed E-state index contributed by atoms with van der Waals surface area (Å²) in [5.74, 6) is -1.10. The lowest BCUT2D eigenvalue weighted by Crippen LogP contribution is -2.49. The van der Waals surface area contributed by atoms with Crippen molar-refractivity contribution < 1.29 is 14.4 Å². The quantitative estimate of drug-likeness (QED) is 0.473. The topological polar surface area (TPSA) is 78.5 Å². The maximum atomic E-state index is 10.3. The average molecular weight is 187 g/mol. The number of rotatable bonds is 0. The standard InChI is InChI=1S/C4H4N2O3.C3H9N/c7-2-1-3(8)6-4(9)5-2;1-4(2)3/h1H2,(H2,5,6,7,8,9);1-3H3. The van der Waals surface area contributed by atoms with Gasteiger partial charge in [-0.15, -0.1) is 0 Å². The highest BCUT2D eigenvalue weighted by atomic mass is 16.2. The van der Waals surface area contributed by atoms with Gasteiger partial charge in [-0.25, -0.2) is 4.79 Å². The highest BCUT2D eigenvalue weighted by Gasteiger charge is 2.20. The molecular weight excluding hydrogens is 174 g/mol. The smallest absolute Gasteiger partial charge is 0.312 e. The van der Waals surface area contributed by atoms with Crippen LogP contribution in [-0.2, 0) is 9.59 Å². The van der Waals surface area contributed by atoms with E-state index in [1.165, 1.54) is 0 Å².